The van der Waals surface area contributed by atoms with Crippen molar-refractivity contribution >= 4 is 37.5 Å². The van der Waals surface area contributed by atoms with E-state index in [0.29, 0.717) is 23.6 Å². The van der Waals surface area contributed by atoms with E-state index in [1.807, 2.05) is 26.0 Å². The minimum atomic E-state index is -3.66. The van der Waals surface area contributed by atoms with Crippen molar-refractivity contribution in [2.75, 3.05) is 24.2 Å². The van der Waals surface area contributed by atoms with E-state index in [2.05, 4.69) is 21.2 Å². The van der Waals surface area contributed by atoms with Gasteiger partial charge >= 0.3 is 0 Å². The number of halogens is 1. The van der Waals surface area contributed by atoms with Crippen LogP contribution >= 0.6 is 15.9 Å². The minimum absolute atomic E-state index is 0.327. The zero-order valence-electron chi connectivity index (χ0n) is 17.3. The summed E-state index contributed by atoms with van der Waals surface area (Å²) in [6.07, 6.45) is 1.62. The second-order valence-electron chi connectivity index (χ2n) is 7.84. The summed E-state index contributed by atoms with van der Waals surface area (Å²) in [5, 5.41) is 2.98. The number of amides is 1. The van der Waals surface area contributed by atoms with Gasteiger partial charge in [-0.05, 0) is 50.2 Å². The molecule has 1 unspecified atom stereocenters. The fourth-order valence-electron chi connectivity index (χ4n) is 3.49. The molecule has 2 aromatic rings. The van der Waals surface area contributed by atoms with Gasteiger partial charge in [-0.15, -0.1) is 0 Å². The lowest BCUT2D eigenvalue weighted by atomic mass is 9.89. The number of anilines is 1. The summed E-state index contributed by atoms with van der Waals surface area (Å²) in [4.78, 5) is 12.9. The van der Waals surface area contributed by atoms with Crippen molar-refractivity contribution in [2.24, 2.45) is 0 Å². The molecular weight excluding hydrogens is 472 g/mol. The van der Waals surface area contributed by atoms with Crippen LogP contribution in [0.3, 0.4) is 0 Å². The van der Waals surface area contributed by atoms with Crippen molar-refractivity contribution < 1.29 is 22.7 Å². The largest absolute Gasteiger partial charge is 0.497 e. The molecule has 0 aromatic heterocycles. The monoisotopic (exact) mass is 496 g/mol. The van der Waals surface area contributed by atoms with Crippen LogP contribution < -0.4 is 19.1 Å². The number of ether oxygens (including phenoxy) is 2. The third-order valence-electron chi connectivity index (χ3n) is 4.79. The average Bonchev–Trinajstić information content (AvgIpc) is 2.64. The molecule has 0 saturated heterocycles. The van der Waals surface area contributed by atoms with Crippen LogP contribution in [-0.4, -0.2) is 39.8 Å². The predicted molar refractivity (Wildman–Crippen MR) is 120 cm³/mol. The van der Waals surface area contributed by atoms with Crippen LogP contribution in [0, 0.1) is 0 Å². The van der Waals surface area contributed by atoms with Gasteiger partial charge in [0.2, 0.25) is 15.9 Å². The fourth-order valence-corrected chi connectivity index (χ4v) is 4.73. The highest BCUT2D eigenvalue weighted by molar-refractivity contribution is 9.10. The summed E-state index contributed by atoms with van der Waals surface area (Å²) < 4.78 is 37.8. The lowest BCUT2D eigenvalue weighted by Crippen LogP contribution is -2.45. The summed E-state index contributed by atoms with van der Waals surface area (Å²) in [6, 6.07) is 11.9. The Kier molecular flexibility index (Phi) is 6.33. The van der Waals surface area contributed by atoms with Crippen LogP contribution in [0.15, 0.2) is 46.9 Å². The normalized spacial score (nSPS) is 17.4. The van der Waals surface area contributed by atoms with E-state index in [0.717, 1.165) is 20.6 Å². The van der Waals surface area contributed by atoms with Gasteiger partial charge in [-0.2, -0.15) is 0 Å². The van der Waals surface area contributed by atoms with Crippen LogP contribution in [0.25, 0.3) is 0 Å². The van der Waals surface area contributed by atoms with Gasteiger partial charge in [0.25, 0.3) is 0 Å². The molecule has 0 aliphatic carbocycles. The lowest BCUT2D eigenvalue weighted by molar-refractivity contribution is -0.120. The Labute approximate surface area is 185 Å². The van der Waals surface area contributed by atoms with Gasteiger partial charge in [0, 0.05) is 16.5 Å². The second-order valence-corrected chi connectivity index (χ2v) is 10.7. The number of nitrogens with one attached hydrogen (secondary N) is 1. The van der Waals surface area contributed by atoms with Gasteiger partial charge in [0.1, 0.15) is 23.6 Å². The summed E-state index contributed by atoms with van der Waals surface area (Å²) in [5.41, 5.74) is 0.729. The number of benzene rings is 2. The first-order valence-corrected chi connectivity index (χ1v) is 12.0. The Balaban J connectivity index is 1.86. The fraction of sp³-hybridized carbons (Fsp3) is 0.381. The van der Waals surface area contributed by atoms with Crippen LogP contribution in [0.1, 0.15) is 31.9 Å². The molecule has 0 fully saturated rings. The third-order valence-corrected chi connectivity index (χ3v) is 6.43. The molecular formula is C21H25BrN2O5S. The molecule has 0 bridgehead atoms. The Bertz CT molecular complexity index is 1060. The van der Waals surface area contributed by atoms with Crippen molar-refractivity contribution in [3.63, 3.8) is 0 Å². The first-order chi connectivity index (χ1) is 14.0. The number of carbonyl (C=O) groups excluding carboxylic acids is 1. The molecule has 1 aliphatic rings. The van der Waals surface area contributed by atoms with Gasteiger partial charge in [0.05, 0.1) is 25.1 Å². The van der Waals surface area contributed by atoms with E-state index in [-0.39, 0.29) is 12.6 Å². The Morgan fingerprint density at radius 1 is 1.30 bits per heavy atom. The number of fused-ring (bicyclic) bond motifs is 1. The van der Waals surface area contributed by atoms with Crippen LogP contribution in [0.4, 0.5) is 5.69 Å². The highest BCUT2D eigenvalue weighted by Crippen LogP contribution is 2.41. The highest BCUT2D eigenvalue weighted by Gasteiger charge is 2.35. The molecule has 0 radical (unpaired) electrons. The minimum Gasteiger partial charge on any atom is -0.497 e. The van der Waals surface area contributed by atoms with Gasteiger partial charge in [-0.25, -0.2) is 8.42 Å². The number of nitrogens with zero attached hydrogens (tertiary/aromatic N) is 1. The van der Waals surface area contributed by atoms with Crippen LogP contribution in [-0.2, 0) is 14.8 Å². The van der Waals surface area contributed by atoms with Gasteiger partial charge < -0.3 is 14.8 Å². The zero-order valence-corrected chi connectivity index (χ0v) is 19.7. The van der Waals surface area contributed by atoms with E-state index in [1.165, 1.54) is 0 Å². The maximum atomic E-state index is 12.9. The number of carbonyl (C=O) groups is 1. The van der Waals surface area contributed by atoms with Crippen LogP contribution in [0.5, 0.6) is 11.5 Å². The zero-order chi connectivity index (χ0) is 22.1. The first-order valence-electron chi connectivity index (χ1n) is 9.38. The Hall–Kier alpha value is -2.26. The molecule has 1 N–H and O–H groups in total. The van der Waals surface area contributed by atoms with Gasteiger partial charge in [-0.1, -0.05) is 22.0 Å². The SMILES string of the molecule is COc1ccc2c(c1)C(NC(=O)CN(c1cccc(Br)c1)S(C)(=O)=O)CC(C)(C)O2. The van der Waals surface area contributed by atoms with Crippen molar-refractivity contribution in [3.8, 4) is 11.5 Å². The first kappa shape index (κ1) is 22.4. The summed E-state index contributed by atoms with van der Waals surface area (Å²) >= 11 is 3.34. The smallest absolute Gasteiger partial charge is 0.241 e. The van der Waals surface area contributed by atoms with E-state index in [1.54, 1.807) is 37.4 Å². The van der Waals surface area contributed by atoms with Crippen molar-refractivity contribution in [2.45, 2.75) is 31.9 Å². The maximum absolute atomic E-state index is 12.9. The molecule has 9 heteroatoms. The molecule has 1 atom stereocenters. The molecule has 0 spiro atoms. The van der Waals surface area contributed by atoms with Gasteiger partial charge in [0.15, 0.2) is 0 Å². The predicted octanol–water partition coefficient (Wildman–Crippen LogP) is 3.64. The van der Waals surface area contributed by atoms with Gasteiger partial charge in [-0.3, -0.25) is 9.10 Å². The third kappa shape index (κ3) is 5.26. The molecule has 3 rings (SSSR count). The van der Waals surface area contributed by atoms with E-state index >= 15 is 0 Å². The molecule has 2 aromatic carbocycles. The molecule has 1 aliphatic heterocycles. The second kappa shape index (κ2) is 8.47. The molecule has 1 heterocycles. The van der Waals surface area contributed by atoms with Crippen molar-refractivity contribution in [3.05, 3.63) is 52.5 Å². The number of hydrogen-bond acceptors (Lipinski definition) is 5. The number of rotatable bonds is 6. The number of hydrogen-bond donors (Lipinski definition) is 1. The topological polar surface area (TPSA) is 84.9 Å². The van der Waals surface area contributed by atoms with E-state index < -0.39 is 21.5 Å². The van der Waals surface area contributed by atoms with E-state index in [4.69, 9.17) is 9.47 Å². The molecule has 162 valence electrons. The maximum Gasteiger partial charge on any atom is 0.241 e. The van der Waals surface area contributed by atoms with Crippen LogP contribution in [0.2, 0.25) is 0 Å². The quantitative estimate of drug-likeness (QED) is 0.659. The average molecular weight is 497 g/mol. The molecule has 0 saturated carbocycles. The standard InChI is InChI=1S/C21H25BrN2O5S/c1-21(2)12-18(17-11-16(28-3)8-9-19(17)29-21)23-20(25)13-24(30(4,26)27)15-7-5-6-14(22)10-15/h5-11,18H,12-13H2,1-4H3,(H,23,25). The summed E-state index contributed by atoms with van der Waals surface area (Å²) in [5.74, 6) is 0.921. The van der Waals surface area contributed by atoms with Crippen molar-refractivity contribution in [1.82, 2.24) is 5.32 Å². The number of methoxy groups -OCH3 is 1. The van der Waals surface area contributed by atoms with Crippen molar-refractivity contribution in [1.29, 1.82) is 0 Å². The molecule has 1 amide bonds. The molecule has 30 heavy (non-hydrogen) atoms. The van der Waals surface area contributed by atoms with E-state index in [9.17, 15) is 13.2 Å². The summed E-state index contributed by atoms with van der Waals surface area (Å²) in [6.45, 7) is 3.57. The lowest BCUT2D eigenvalue weighted by Gasteiger charge is -2.38. The molecule has 7 nitrogen and oxygen atoms in total. The Morgan fingerprint density at radius 2 is 2.03 bits per heavy atom. The Morgan fingerprint density at radius 3 is 2.67 bits per heavy atom. The highest BCUT2D eigenvalue weighted by atomic mass is 79.9. The summed E-state index contributed by atoms with van der Waals surface area (Å²) in [7, 11) is -2.08. The number of sulfonamides is 1.